The Morgan fingerprint density at radius 3 is 1.01 bits per heavy atom. The Labute approximate surface area is 835 Å². The van der Waals surface area contributed by atoms with Crippen molar-refractivity contribution in [3.63, 3.8) is 0 Å². The normalized spacial score (nSPS) is 29.8. The number of alkyl halides is 6. The van der Waals surface area contributed by atoms with Gasteiger partial charge in [0.2, 0.25) is 35.4 Å². The van der Waals surface area contributed by atoms with Crippen LogP contribution in [0.5, 0.6) is 34.9 Å². The van der Waals surface area contributed by atoms with Crippen molar-refractivity contribution in [2.24, 2.45) is 69.5 Å². The summed E-state index contributed by atoms with van der Waals surface area (Å²) in [6, 6.07) is 10.7. The third kappa shape index (κ3) is 25.9. The van der Waals surface area contributed by atoms with Crippen molar-refractivity contribution in [3.05, 3.63) is 83.8 Å². The quantitative estimate of drug-likeness (QED) is 0.0700. The first-order valence-electron chi connectivity index (χ1n) is 48.6. The number of aliphatic carboxylic acids is 1. The molecule has 6 aromatic rings. The highest BCUT2D eigenvalue weighted by Crippen LogP contribution is 2.55. The number of allylic oxidation sites excluding steroid dienone is 2. The predicted molar refractivity (Wildman–Crippen MR) is 523 cm³/mol. The van der Waals surface area contributed by atoms with Gasteiger partial charge in [-0.15, -0.1) is 0 Å². The number of rotatable bonds is 6. The van der Waals surface area contributed by atoms with Crippen molar-refractivity contribution < 1.29 is 127 Å². The molecule has 3 aliphatic carbocycles. The number of methoxy groups -OCH3 is 3. The molecular weight excluding hydrogens is 1860 g/mol. The minimum absolute atomic E-state index is 0. The molecule has 0 spiro atoms. The number of carboxylic acids is 1. The minimum atomic E-state index is -3.57. The second-order valence-electron chi connectivity index (χ2n) is 45.4. The fourth-order valence-electron chi connectivity index (χ4n) is 20.1. The Balaban J connectivity index is 0.000000218. The lowest BCUT2D eigenvalue weighted by atomic mass is 9.77. The van der Waals surface area contributed by atoms with E-state index in [-0.39, 0.29) is 125 Å². The standard InChI is InChI=1S/C36H49F2N3O7.C36H47F2N3O7.C32H41F2N3O7.3CH4/c2*1-20-26-19-41(28(20)32(44)48-34(5,6)7)31(43)23(33(2,3)4)17-27(42)47-35(8)18-21(35)12-10-11-15-36(37,38)29-30(46-26)40-25-16-22(45-9)13-14-24(25)39-29;1-17-23-16-37(25(17)29(40)41)28(39)20(30(2,3)4)14-24(38)44-31(5)15-18(31)9-7-8-12-32(33,34)26-27(43-23)36-22-13-19(42-6)10-11-21(22)35-26;;;/h13-14,16,20-21,23,26,28H,10-12,15,17-19H2,1-9H3;11,13-16,20-21,23,26,28H,10,12,17-19H2,1-9H3;10-11,13,17-18,20,23,25H,7-9,12,14-16H2,1-6H3,(H,40,41);3*1H4/b;15-11+;;;;/t20-,21-,23-,26+,28+,35-;20-,21+,23-,26+,28+,35+;17-,18-,20-,23+,25+,31-;;;/m111.../s1. The zero-order valence-electron chi connectivity index (χ0n) is 84.9. The molecule has 18 atom stereocenters. The topological polar surface area (TPSA) is 362 Å². The number of hydrogen-bond donors (Lipinski definition) is 1. The number of amides is 3. The van der Waals surface area contributed by atoms with E-state index in [1.165, 1.54) is 42.1 Å². The highest BCUT2D eigenvalue weighted by Gasteiger charge is 2.61. The monoisotopic (exact) mass is 2010 g/mol. The molecule has 36 heteroatoms. The van der Waals surface area contributed by atoms with Crippen molar-refractivity contribution >= 4 is 86.6 Å². The lowest BCUT2D eigenvalue weighted by Crippen LogP contribution is -2.50. The van der Waals surface area contributed by atoms with Crippen LogP contribution in [0.1, 0.15) is 287 Å². The molecule has 3 saturated heterocycles. The van der Waals surface area contributed by atoms with Crippen molar-refractivity contribution in [3.8, 4) is 34.9 Å². The number of hydrogen-bond acceptors (Lipinski definition) is 26. The molecule has 3 saturated carbocycles. The molecule has 3 aromatic carbocycles. The minimum Gasteiger partial charge on any atom is -0.497 e. The molecular formula is C107H149F6N9O21. The Morgan fingerprint density at radius 2 is 0.706 bits per heavy atom. The lowest BCUT2D eigenvalue weighted by Gasteiger charge is -2.35. The van der Waals surface area contributed by atoms with E-state index in [0.29, 0.717) is 80.6 Å². The van der Waals surface area contributed by atoms with Crippen LogP contribution >= 0.6 is 0 Å². The molecule has 143 heavy (non-hydrogen) atoms. The van der Waals surface area contributed by atoms with Crippen molar-refractivity contribution in [2.75, 3.05) is 41.0 Å². The second kappa shape index (κ2) is 42.6. The van der Waals surface area contributed by atoms with Crippen LogP contribution in [0.25, 0.3) is 33.1 Å². The van der Waals surface area contributed by atoms with E-state index in [9.17, 15) is 48.3 Å². The van der Waals surface area contributed by atoms with Crippen LogP contribution in [0.2, 0.25) is 0 Å². The van der Waals surface area contributed by atoms with Crippen molar-refractivity contribution in [1.82, 2.24) is 44.6 Å². The molecule has 9 aliphatic rings. The number of ether oxygens (including phenoxy) is 11. The van der Waals surface area contributed by atoms with Gasteiger partial charge in [0.05, 0.1) is 111 Å². The van der Waals surface area contributed by atoms with E-state index in [1.807, 2.05) is 83.1 Å². The number of carboxylic acid groups (broad SMARTS) is 1. The van der Waals surface area contributed by atoms with Gasteiger partial charge in [0, 0.05) is 66.5 Å². The van der Waals surface area contributed by atoms with Gasteiger partial charge in [-0.3, -0.25) is 28.8 Å². The predicted octanol–water partition coefficient (Wildman–Crippen LogP) is 20.3. The first kappa shape index (κ1) is 114. The van der Waals surface area contributed by atoms with E-state index >= 15 is 26.3 Å². The third-order valence-electron chi connectivity index (χ3n) is 29.0. The summed E-state index contributed by atoms with van der Waals surface area (Å²) in [7, 11) is 4.45. The van der Waals surface area contributed by atoms with Gasteiger partial charge in [0.1, 0.15) is 81.7 Å². The lowest BCUT2D eigenvalue weighted by molar-refractivity contribution is -0.167. The molecule has 790 valence electrons. The van der Waals surface area contributed by atoms with E-state index in [4.69, 9.17) is 52.1 Å². The van der Waals surface area contributed by atoms with Crippen molar-refractivity contribution in [1.29, 1.82) is 0 Å². The van der Waals surface area contributed by atoms with Crippen molar-refractivity contribution in [2.45, 2.75) is 353 Å². The molecule has 15 rings (SSSR count). The first-order chi connectivity index (χ1) is 65.0. The number of carbonyl (C=O) groups is 9. The maximum atomic E-state index is 16.1. The smallest absolute Gasteiger partial charge is 0.329 e. The molecule has 3 amide bonds. The van der Waals surface area contributed by atoms with Gasteiger partial charge in [-0.05, 0) is 179 Å². The van der Waals surface area contributed by atoms with Gasteiger partial charge in [-0.25, -0.2) is 44.3 Å². The third-order valence-corrected chi connectivity index (χ3v) is 29.0. The van der Waals surface area contributed by atoms with Gasteiger partial charge in [0.15, 0.2) is 17.1 Å². The molecule has 9 heterocycles. The molecule has 6 aliphatic heterocycles. The SMILES string of the molecule is C.C.C.COc1ccc2nc3c(nc2c1)O[C@H]1CN(C(=O)[C@H](C(C)(C)C)CC(=O)O[C@@]2(C)C[C@@H]2CC/C=C/C3(F)F)[C@H](C(=O)OC(C)(C)C)[C@@H]1C.COc1ccc2nc3c(nc2c1)O[C@H]1CN(C(=O)[C@H](C(C)(C)C)CC(=O)O[C@]2(C)C[C@H]2CCCCC3(F)F)[C@H](C(=O)O)[C@@H]1C.COc1ccc2nc3c(nc2c1)O[C@H]1CN(C(=O)[C@H](C(C)(C)C)CC(=O)O[C@]2(C)C[C@H]2CCCCC3(F)F)[C@H](C(=O)OC(C)(C)C)[C@@H]1C. The largest absolute Gasteiger partial charge is 0.497 e. The van der Waals surface area contributed by atoms with E-state index < -0.39 is 229 Å². The highest BCUT2D eigenvalue weighted by atomic mass is 19.3. The van der Waals surface area contributed by atoms with Gasteiger partial charge in [0.25, 0.3) is 11.8 Å². The van der Waals surface area contributed by atoms with Gasteiger partial charge < -0.3 is 71.9 Å². The van der Waals surface area contributed by atoms with Crippen LogP contribution in [-0.2, 0) is 84.6 Å². The number of esters is 5. The molecule has 3 aromatic heterocycles. The Kier molecular flexibility index (Phi) is 34.0. The average molecular weight is 2010 g/mol. The summed E-state index contributed by atoms with van der Waals surface area (Å²) in [5.74, 6) is -20.4. The maximum absolute atomic E-state index is 16.1. The number of aromatic nitrogens is 6. The summed E-state index contributed by atoms with van der Waals surface area (Å²) in [5, 5.41) is 10.2. The van der Waals surface area contributed by atoms with Crippen LogP contribution in [-0.4, -0.2) is 209 Å². The summed E-state index contributed by atoms with van der Waals surface area (Å²) in [5.41, 5.74) is -6.29. The maximum Gasteiger partial charge on any atom is 0.329 e. The fraction of sp³-hybridized carbons (Fsp3) is 0.673. The highest BCUT2D eigenvalue weighted by molar-refractivity contribution is 5.92. The molecule has 30 nitrogen and oxygen atoms in total. The summed E-state index contributed by atoms with van der Waals surface area (Å²) in [4.78, 5) is 153. The van der Waals surface area contributed by atoms with Gasteiger partial charge >= 0.3 is 41.7 Å². The summed E-state index contributed by atoms with van der Waals surface area (Å²) >= 11 is 0. The van der Waals surface area contributed by atoms with Crippen LogP contribution in [0.15, 0.2) is 66.7 Å². The summed E-state index contributed by atoms with van der Waals surface area (Å²) in [6.07, 6.45) is 3.18. The van der Waals surface area contributed by atoms with Crippen LogP contribution < -0.4 is 28.4 Å². The average Bonchev–Trinajstić information content (AvgIpc) is 1.66. The fourth-order valence-corrected chi connectivity index (χ4v) is 20.1. The summed E-state index contributed by atoms with van der Waals surface area (Å²) < 4.78 is 160. The second-order valence-corrected chi connectivity index (χ2v) is 45.4. The van der Waals surface area contributed by atoms with E-state index in [0.717, 1.165) is 6.08 Å². The summed E-state index contributed by atoms with van der Waals surface area (Å²) in [6.45, 7) is 37.0. The first-order valence-corrected chi connectivity index (χ1v) is 48.6. The van der Waals surface area contributed by atoms with Gasteiger partial charge in [-0.1, -0.05) is 124 Å². The van der Waals surface area contributed by atoms with E-state index in [1.54, 1.807) is 117 Å². The number of carbonyl (C=O) groups excluding carboxylic acids is 8. The number of halogens is 6. The van der Waals surface area contributed by atoms with Crippen LogP contribution in [0, 0.1) is 69.5 Å². The Bertz CT molecular complexity index is 5730. The molecule has 6 bridgehead atoms. The van der Waals surface area contributed by atoms with E-state index in [2.05, 4.69) is 29.9 Å². The zero-order chi connectivity index (χ0) is 103. The molecule has 0 unspecified atom stereocenters. The molecule has 6 fully saturated rings. The number of benzene rings is 3. The molecule has 1 N–H and O–H groups in total. The van der Waals surface area contributed by atoms with Crippen LogP contribution in [0.4, 0.5) is 26.3 Å². The van der Waals surface area contributed by atoms with Gasteiger partial charge in [-0.2, -0.15) is 26.3 Å². The zero-order valence-corrected chi connectivity index (χ0v) is 84.9. The Hall–Kier alpha value is -11.0. The number of fused-ring (bicyclic) bond motifs is 15. The number of nitrogens with zero attached hydrogens (tertiary/aromatic N) is 9. The molecule has 0 radical (unpaired) electrons. The Morgan fingerprint density at radius 1 is 0.413 bits per heavy atom. The van der Waals surface area contributed by atoms with Crippen LogP contribution in [0.3, 0.4) is 0 Å².